The van der Waals surface area contributed by atoms with Gasteiger partial charge in [0.05, 0.1) is 30.8 Å². The Kier molecular flexibility index (Phi) is 10.2. The van der Waals surface area contributed by atoms with Gasteiger partial charge in [0.1, 0.15) is 17.3 Å². The Morgan fingerprint density at radius 1 is 0.698 bits per heavy atom. The van der Waals surface area contributed by atoms with E-state index in [0.29, 0.717) is 41.4 Å². The van der Waals surface area contributed by atoms with Crippen molar-refractivity contribution in [2.45, 2.75) is 144 Å². The van der Waals surface area contributed by atoms with Crippen LogP contribution in [-0.2, 0) is 42.9 Å². The number of aliphatic hydroxyl groups excluding tert-OH is 1. The SMILES string of the molecule is CC(=O)OC(CC(=O)OC(C)(C)C)C1CC2CC1C(C1C3CCC(C3)C1C1C(=O)OC(=O)C1C)C2C1C(C)C2CC(C(O)CC(=O)OC(C)(C)C)C1C2. The number of esters is 5. The fourth-order valence-corrected chi connectivity index (χ4v) is 14.2. The Balaban J connectivity index is 1.23. The number of cyclic esters (lactones) is 2. The second kappa shape index (κ2) is 13.9. The molecular formula is C43H64O10. The number of aliphatic hydroxyl groups is 1. The largest absolute Gasteiger partial charge is 0.462 e. The molecule has 1 aliphatic heterocycles. The quantitative estimate of drug-likeness (QED) is 0.149. The molecule has 0 radical (unpaired) electrons. The molecular weight excluding hydrogens is 676 g/mol. The van der Waals surface area contributed by atoms with Crippen LogP contribution in [0.2, 0.25) is 0 Å². The number of ether oxygens (including phenoxy) is 4. The molecule has 1 heterocycles. The van der Waals surface area contributed by atoms with Gasteiger partial charge in [-0.3, -0.25) is 24.0 Å². The third kappa shape index (κ3) is 7.21. The van der Waals surface area contributed by atoms with Crippen LogP contribution < -0.4 is 0 Å². The van der Waals surface area contributed by atoms with E-state index in [1.165, 1.54) is 6.92 Å². The molecule has 18 atom stereocenters. The summed E-state index contributed by atoms with van der Waals surface area (Å²) in [5.41, 5.74) is -1.28. The van der Waals surface area contributed by atoms with E-state index in [0.717, 1.165) is 44.9 Å². The van der Waals surface area contributed by atoms with Gasteiger partial charge in [0.15, 0.2) is 0 Å². The summed E-state index contributed by atoms with van der Waals surface area (Å²) in [6.07, 6.45) is 5.63. The van der Waals surface area contributed by atoms with Gasteiger partial charge in [-0.2, -0.15) is 0 Å². The summed E-state index contributed by atoms with van der Waals surface area (Å²) in [7, 11) is 0. The lowest BCUT2D eigenvalue weighted by molar-refractivity contribution is -0.166. The molecule has 10 heteroatoms. The lowest BCUT2D eigenvalue weighted by Crippen LogP contribution is -2.50. The maximum absolute atomic E-state index is 13.5. The first-order valence-corrected chi connectivity index (χ1v) is 20.8. The summed E-state index contributed by atoms with van der Waals surface area (Å²) >= 11 is 0. The Morgan fingerprint density at radius 2 is 1.25 bits per heavy atom. The molecule has 6 aliphatic carbocycles. The highest BCUT2D eigenvalue weighted by molar-refractivity contribution is 5.96. The van der Waals surface area contributed by atoms with Crippen LogP contribution in [0.1, 0.15) is 120 Å². The number of carbonyl (C=O) groups is 5. The van der Waals surface area contributed by atoms with Gasteiger partial charge < -0.3 is 24.1 Å². The van der Waals surface area contributed by atoms with Gasteiger partial charge in [0.25, 0.3) is 0 Å². The molecule has 6 saturated carbocycles. The van der Waals surface area contributed by atoms with Crippen molar-refractivity contribution in [2.24, 2.45) is 94.7 Å². The third-order valence-electron chi connectivity index (χ3n) is 15.3. The number of hydrogen-bond donors (Lipinski definition) is 1. The monoisotopic (exact) mass is 740 g/mol. The Bertz CT molecular complexity index is 1470. The van der Waals surface area contributed by atoms with Gasteiger partial charge >= 0.3 is 29.8 Å². The standard InChI is InChI=1S/C43H64O10/c1-19-24-13-26(30(45)17-32(46)52-42(4,5)6)28(14-24)34(19)38-25-15-27(31(50-21(3)44)18-33(47)53-43(7,8)9)29(16-25)39(38)37-23-11-10-22(12-23)36(37)35-20(2)40(48)51-41(35)49/h19-20,22-31,34-39,45H,10-18H2,1-9H3. The normalized spacial score (nSPS) is 44.0. The van der Waals surface area contributed by atoms with Gasteiger partial charge in [0.2, 0.25) is 0 Å². The number of rotatable bonds is 10. The number of hydrogen-bond acceptors (Lipinski definition) is 10. The van der Waals surface area contributed by atoms with Gasteiger partial charge in [-0.1, -0.05) is 13.8 Å². The van der Waals surface area contributed by atoms with E-state index in [2.05, 4.69) is 6.92 Å². The zero-order chi connectivity index (χ0) is 38.5. The molecule has 0 spiro atoms. The van der Waals surface area contributed by atoms with E-state index in [9.17, 15) is 29.1 Å². The van der Waals surface area contributed by atoms with E-state index in [1.807, 2.05) is 48.5 Å². The molecule has 18 unspecified atom stereocenters. The predicted octanol–water partition coefficient (Wildman–Crippen LogP) is 6.54. The molecule has 0 amide bonds. The van der Waals surface area contributed by atoms with Crippen molar-refractivity contribution in [3.63, 3.8) is 0 Å². The average Bonchev–Trinajstić information content (AvgIpc) is 3.87. The first-order chi connectivity index (χ1) is 24.7. The van der Waals surface area contributed by atoms with Crippen molar-refractivity contribution in [3.05, 3.63) is 0 Å². The molecule has 7 rings (SSSR count). The first kappa shape index (κ1) is 38.8. The summed E-state index contributed by atoms with van der Waals surface area (Å²) < 4.78 is 22.7. The molecule has 7 aliphatic rings. The minimum Gasteiger partial charge on any atom is -0.462 e. The van der Waals surface area contributed by atoms with E-state index in [4.69, 9.17) is 18.9 Å². The van der Waals surface area contributed by atoms with Crippen LogP contribution in [0.5, 0.6) is 0 Å². The van der Waals surface area contributed by atoms with Crippen LogP contribution in [0.25, 0.3) is 0 Å². The molecule has 296 valence electrons. The van der Waals surface area contributed by atoms with Crippen molar-refractivity contribution in [1.82, 2.24) is 0 Å². The Morgan fingerprint density at radius 3 is 1.81 bits per heavy atom. The van der Waals surface area contributed by atoms with Crippen molar-refractivity contribution < 1.29 is 48.0 Å². The van der Waals surface area contributed by atoms with Crippen molar-refractivity contribution >= 4 is 29.8 Å². The molecule has 7 fully saturated rings. The van der Waals surface area contributed by atoms with Crippen LogP contribution in [0.15, 0.2) is 0 Å². The van der Waals surface area contributed by atoms with Gasteiger partial charge in [-0.15, -0.1) is 0 Å². The van der Waals surface area contributed by atoms with Crippen LogP contribution in [0, 0.1) is 94.7 Å². The molecule has 0 aromatic rings. The average molecular weight is 741 g/mol. The fourth-order valence-electron chi connectivity index (χ4n) is 14.2. The van der Waals surface area contributed by atoms with E-state index < -0.39 is 47.2 Å². The topological polar surface area (TPSA) is 143 Å². The van der Waals surface area contributed by atoms with Gasteiger partial charge in [-0.25, -0.2) is 0 Å². The highest BCUT2D eigenvalue weighted by atomic mass is 16.6. The summed E-state index contributed by atoms with van der Waals surface area (Å²) in [5.74, 6) is 0.852. The zero-order valence-electron chi connectivity index (χ0n) is 33.4. The maximum atomic E-state index is 13.5. The molecule has 1 N–H and O–H groups in total. The van der Waals surface area contributed by atoms with E-state index >= 15 is 0 Å². The summed E-state index contributed by atoms with van der Waals surface area (Å²) in [5, 5.41) is 11.6. The fraction of sp³-hybridized carbons (Fsp3) is 0.884. The summed E-state index contributed by atoms with van der Waals surface area (Å²) in [6, 6.07) is 0. The van der Waals surface area contributed by atoms with E-state index in [-0.39, 0.29) is 72.2 Å². The van der Waals surface area contributed by atoms with Gasteiger partial charge in [-0.05, 0) is 169 Å². The number of carbonyl (C=O) groups excluding carboxylic acids is 5. The second-order valence-corrected chi connectivity index (χ2v) is 20.5. The van der Waals surface area contributed by atoms with Crippen LogP contribution >= 0.6 is 0 Å². The maximum Gasteiger partial charge on any atom is 0.317 e. The molecule has 6 bridgehead atoms. The van der Waals surface area contributed by atoms with Crippen LogP contribution in [0.3, 0.4) is 0 Å². The molecule has 1 saturated heterocycles. The lowest BCUT2D eigenvalue weighted by atomic mass is 9.53. The first-order valence-electron chi connectivity index (χ1n) is 20.8. The third-order valence-corrected chi connectivity index (χ3v) is 15.3. The van der Waals surface area contributed by atoms with Crippen molar-refractivity contribution in [3.8, 4) is 0 Å². The Labute approximate surface area is 315 Å². The Hall–Kier alpha value is -2.49. The van der Waals surface area contributed by atoms with Gasteiger partial charge in [0, 0.05) is 6.92 Å². The van der Waals surface area contributed by atoms with Crippen molar-refractivity contribution in [1.29, 1.82) is 0 Å². The number of fused-ring (bicyclic) bond motifs is 6. The molecule has 0 aromatic carbocycles. The molecule has 53 heavy (non-hydrogen) atoms. The minimum atomic E-state index is -0.767. The summed E-state index contributed by atoms with van der Waals surface area (Å²) in [6.45, 7) is 16.7. The highest BCUT2D eigenvalue weighted by Gasteiger charge is 2.68. The van der Waals surface area contributed by atoms with Crippen LogP contribution in [0.4, 0.5) is 0 Å². The second-order valence-electron chi connectivity index (χ2n) is 20.5. The smallest absolute Gasteiger partial charge is 0.317 e. The minimum absolute atomic E-state index is 0.00617. The molecule has 10 nitrogen and oxygen atoms in total. The van der Waals surface area contributed by atoms with Crippen molar-refractivity contribution in [2.75, 3.05) is 0 Å². The molecule has 0 aromatic heterocycles. The lowest BCUT2D eigenvalue weighted by Gasteiger charge is -2.52. The highest BCUT2D eigenvalue weighted by Crippen LogP contribution is 2.72. The predicted molar refractivity (Wildman–Crippen MR) is 193 cm³/mol. The zero-order valence-corrected chi connectivity index (χ0v) is 33.4. The van der Waals surface area contributed by atoms with Crippen LogP contribution in [-0.4, -0.2) is 58.4 Å². The van der Waals surface area contributed by atoms with E-state index in [1.54, 1.807) is 0 Å². The summed E-state index contributed by atoms with van der Waals surface area (Å²) in [4.78, 5) is 65.1.